The van der Waals surface area contributed by atoms with Crippen molar-refractivity contribution in [3.05, 3.63) is 69.7 Å². The minimum atomic E-state index is -0.662. The normalized spacial score (nSPS) is 18.8. The second-order valence-corrected chi connectivity index (χ2v) is 7.19. The lowest BCUT2D eigenvalue weighted by Gasteiger charge is -2.25. The Kier molecular flexibility index (Phi) is 5.65. The van der Waals surface area contributed by atoms with Crippen LogP contribution in [0, 0.1) is 0 Å². The molecule has 6 heteroatoms. The molecule has 3 rings (SSSR count). The van der Waals surface area contributed by atoms with E-state index in [1.54, 1.807) is 43.5 Å². The fourth-order valence-electron chi connectivity index (χ4n) is 3.25. The summed E-state index contributed by atoms with van der Waals surface area (Å²) in [6.07, 6.45) is 0.706. The fraction of sp³-hybridized carbons (Fsp3) is 0.238. The number of rotatable bonds is 5. The van der Waals surface area contributed by atoms with Gasteiger partial charge in [-0.1, -0.05) is 47.1 Å². The average molecular weight is 430 g/mol. The molecule has 0 saturated carbocycles. The van der Waals surface area contributed by atoms with E-state index in [0.717, 1.165) is 10.0 Å². The number of nitrogens with zero attached hydrogens (tertiary/aromatic N) is 1. The summed E-state index contributed by atoms with van der Waals surface area (Å²) in [5.74, 6) is -0.736. The summed E-state index contributed by atoms with van der Waals surface area (Å²) in [5, 5.41) is 10.9. The Morgan fingerprint density at radius 1 is 1.11 bits per heavy atom. The number of ether oxygens (including phenoxy) is 1. The van der Waals surface area contributed by atoms with Crippen LogP contribution in [0.3, 0.4) is 0 Å². The Morgan fingerprint density at radius 3 is 2.30 bits per heavy atom. The van der Waals surface area contributed by atoms with Crippen LogP contribution in [0.15, 0.2) is 58.6 Å². The molecule has 5 nitrogen and oxygen atoms in total. The highest BCUT2D eigenvalue weighted by atomic mass is 79.9. The van der Waals surface area contributed by atoms with E-state index in [0.29, 0.717) is 24.3 Å². The summed E-state index contributed by atoms with van der Waals surface area (Å²) in [6.45, 7) is 2.37. The highest BCUT2D eigenvalue weighted by molar-refractivity contribution is 9.10. The van der Waals surface area contributed by atoms with Crippen molar-refractivity contribution in [2.45, 2.75) is 19.4 Å². The van der Waals surface area contributed by atoms with Gasteiger partial charge in [0, 0.05) is 16.6 Å². The van der Waals surface area contributed by atoms with Gasteiger partial charge in [-0.15, -0.1) is 0 Å². The number of carbonyl (C=O) groups is 2. The predicted molar refractivity (Wildman–Crippen MR) is 106 cm³/mol. The summed E-state index contributed by atoms with van der Waals surface area (Å²) in [7, 11) is 1.58. The number of methoxy groups -OCH3 is 1. The molecule has 27 heavy (non-hydrogen) atoms. The largest absolute Gasteiger partial charge is 0.507 e. The summed E-state index contributed by atoms with van der Waals surface area (Å²) in [4.78, 5) is 26.9. The smallest absolute Gasteiger partial charge is 0.295 e. The lowest BCUT2D eigenvalue weighted by Crippen LogP contribution is -2.30. The molecule has 1 amide bonds. The number of hydrogen-bond acceptors (Lipinski definition) is 4. The minimum Gasteiger partial charge on any atom is -0.507 e. The highest BCUT2D eigenvalue weighted by Crippen LogP contribution is 2.39. The number of likely N-dealkylation sites (tertiary alicyclic amines) is 1. The van der Waals surface area contributed by atoms with E-state index in [1.807, 2.05) is 19.1 Å². The standard InChI is InChI=1S/C21H20BrNO4/c1-3-12-23-18(13-6-10-16(27-2)11-7-13)17(20(25)21(23)26)19(24)14-4-8-15(22)9-5-14/h4-11,18,24H,3,12H2,1-2H3/b19-17-. The van der Waals surface area contributed by atoms with Gasteiger partial charge in [-0.3, -0.25) is 9.59 Å². The van der Waals surface area contributed by atoms with Gasteiger partial charge in [-0.25, -0.2) is 0 Å². The predicted octanol–water partition coefficient (Wildman–Crippen LogP) is 4.29. The number of amides is 1. The number of ketones is 1. The maximum atomic E-state index is 12.7. The van der Waals surface area contributed by atoms with Crippen LogP contribution in [0.25, 0.3) is 5.76 Å². The number of Topliss-reactive ketones (excluding diaryl/α,β-unsaturated/α-hetero) is 1. The van der Waals surface area contributed by atoms with E-state index in [2.05, 4.69) is 15.9 Å². The van der Waals surface area contributed by atoms with Crippen LogP contribution >= 0.6 is 15.9 Å². The molecule has 0 spiro atoms. The van der Waals surface area contributed by atoms with Gasteiger partial charge >= 0.3 is 0 Å². The number of hydrogen-bond donors (Lipinski definition) is 1. The van der Waals surface area contributed by atoms with Crippen LogP contribution in [0.2, 0.25) is 0 Å². The van der Waals surface area contributed by atoms with Crippen molar-refractivity contribution in [3.63, 3.8) is 0 Å². The Hall–Kier alpha value is -2.60. The third-order valence-corrected chi connectivity index (χ3v) is 5.08. The molecule has 2 aromatic carbocycles. The van der Waals surface area contributed by atoms with Crippen molar-refractivity contribution in [2.75, 3.05) is 13.7 Å². The number of aliphatic hydroxyl groups excluding tert-OH is 1. The number of carbonyl (C=O) groups excluding carboxylic acids is 2. The lowest BCUT2D eigenvalue weighted by molar-refractivity contribution is -0.139. The van der Waals surface area contributed by atoms with Crippen LogP contribution in [-0.2, 0) is 9.59 Å². The summed E-state index contributed by atoms with van der Waals surface area (Å²) in [5.41, 5.74) is 1.36. The molecular formula is C21H20BrNO4. The summed E-state index contributed by atoms with van der Waals surface area (Å²) in [6, 6.07) is 13.5. The first kappa shape index (κ1) is 19.2. The molecule has 1 heterocycles. The van der Waals surface area contributed by atoms with E-state index in [9.17, 15) is 14.7 Å². The Balaban J connectivity index is 2.15. The third-order valence-electron chi connectivity index (χ3n) is 4.55. The second kappa shape index (κ2) is 7.96. The van der Waals surface area contributed by atoms with Crippen molar-refractivity contribution in [1.82, 2.24) is 4.90 Å². The Bertz CT molecular complexity index is 887. The van der Waals surface area contributed by atoms with Crippen molar-refractivity contribution >= 4 is 33.4 Å². The number of aliphatic hydroxyl groups is 1. The van der Waals surface area contributed by atoms with Crippen LogP contribution < -0.4 is 4.74 Å². The van der Waals surface area contributed by atoms with E-state index >= 15 is 0 Å². The van der Waals surface area contributed by atoms with Gasteiger partial charge in [0.25, 0.3) is 11.7 Å². The first-order chi connectivity index (χ1) is 13.0. The van der Waals surface area contributed by atoms with Crippen molar-refractivity contribution in [1.29, 1.82) is 0 Å². The van der Waals surface area contributed by atoms with Crippen molar-refractivity contribution in [3.8, 4) is 5.75 Å². The average Bonchev–Trinajstić information content (AvgIpc) is 2.93. The monoisotopic (exact) mass is 429 g/mol. The first-order valence-electron chi connectivity index (χ1n) is 8.66. The Morgan fingerprint density at radius 2 is 1.74 bits per heavy atom. The minimum absolute atomic E-state index is 0.112. The molecule has 0 radical (unpaired) electrons. The van der Waals surface area contributed by atoms with Crippen LogP contribution in [0.1, 0.15) is 30.5 Å². The molecule has 1 fully saturated rings. The summed E-state index contributed by atoms with van der Waals surface area (Å²) < 4.78 is 6.05. The van der Waals surface area contributed by atoms with Crippen molar-refractivity contribution in [2.24, 2.45) is 0 Å². The SMILES string of the molecule is CCCN1C(=O)C(=O)/C(=C(\O)c2ccc(Br)cc2)C1c1ccc(OC)cc1. The fourth-order valence-corrected chi connectivity index (χ4v) is 3.51. The van der Waals surface area contributed by atoms with Crippen LogP contribution in [0.4, 0.5) is 0 Å². The van der Waals surface area contributed by atoms with Crippen molar-refractivity contribution < 1.29 is 19.4 Å². The maximum absolute atomic E-state index is 12.7. The third kappa shape index (κ3) is 3.62. The zero-order valence-electron chi connectivity index (χ0n) is 15.1. The highest BCUT2D eigenvalue weighted by Gasteiger charge is 2.45. The maximum Gasteiger partial charge on any atom is 0.295 e. The lowest BCUT2D eigenvalue weighted by atomic mass is 9.95. The van der Waals surface area contributed by atoms with Gasteiger partial charge in [-0.05, 0) is 36.2 Å². The molecule has 1 aliphatic heterocycles. The number of benzene rings is 2. The first-order valence-corrected chi connectivity index (χ1v) is 9.45. The molecule has 1 N–H and O–H groups in total. The van der Waals surface area contributed by atoms with Crippen LogP contribution in [-0.4, -0.2) is 35.4 Å². The van der Waals surface area contributed by atoms with Crippen LogP contribution in [0.5, 0.6) is 5.75 Å². The second-order valence-electron chi connectivity index (χ2n) is 6.27. The van der Waals surface area contributed by atoms with Gasteiger partial charge < -0.3 is 14.7 Å². The quantitative estimate of drug-likeness (QED) is 0.437. The van der Waals surface area contributed by atoms with Gasteiger partial charge in [0.05, 0.1) is 18.7 Å². The van der Waals surface area contributed by atoms with Gasteiger partial charge in [0.15, 0.2) is 0 Å². The molecule has 2 aromatic rings. The Labute approximate surface area is 166 Å². The molecule has 140 valence electrons. The molecule has 1 saturated heterocycles. The zero-order valence-corrected chi connectivity index (χ0v) is 16.7. The molecule has 0 aliphatic carbocycles. The molecule has 0 aromatic heterocycles. The van der Waals surface area contributed by atoms with Gasteiger partial charge in [0.2, 0.25) is 0 Å². The zero-order chi connectivity index (χ0) is 19.6. The van der Waals surface area contributed by atoms with E-state index in [4.69, 9.17) is 4.74 Å². The van der Waals surface area contributed by atoms with Gasteiger partial charge in [-0.2, -0.15) is 0 Å². The number of halogens is 1. The molecule has 1 aliphatic rings. The van der Waals surface area contributed by atoms with E-state index in [-0.39, 0.29) is 11.3 Å². The molecular weight excluding hydrogens is 410 g/mol. The summed E-state index contributed by atoms with van der Waals surface area (Å²) >= 11 is 3.35. The van der Waals surface area contributed by atoms with Gasteiger partial charge in [0.1, 0.15) is 11.5 Å². The molecule has 1 atom stereocenters. The van der Waals surface area contributed by atoms with E-state index in [1.165, 1.54) is 4.90 Å². The molecule has 0 bridgehead atoms. The van der Waals surface area contributed by atoms with E-state index < -0.39 is 17.7 Å². The topological polar surface area (TPSA) is 66.8 Å². The molecule has 1 unspecified atom stereocenters.